The average Bonchev–Trinajstić information content (AvgIpc) is 2.84. The lowest BCUT2D eigenvalue weighted by molar-refractivity contribution is -0.142. The van der Waals surface area contributed by atoms with E-state index in [4.69, 9.17) is 4.74 Å². The van der Waals surface area contributed by atoms with Crippen LogP contribution < -0.4 is 10.6 Å². The molecule has 0 aromatic heterocycles. The van der Waals surface area contributed by atoms with Crippen molar-refractivity contribution in [2.75, 3.05) is 11.1 Å². The summed E-state index contributed by atoms with van der Waals surface area (Å²) in [5.74, 6) is -0.736. The van der Waals surface area contributed by atoms with Crippen LogP contribution in [-0.4, -0.2) is 46.2 Å². The zero-order valence-corrected chi connectivity index (χ0v) is 24.6. The third-order valence-electron chi connectivity index (χ3n) is 6.34. The Morgan fingerprint density at radius 3 is 2.10 bits per heavy atom. The molecule has 0 fully saturated rings. The van der Waals surface area contributed by atoms with Crippen molar-refractivity contribution in [2.45, 2.75) is 72.2 Å². The molecule has 0 heterocycles. The Bertz CT molecular complexity index is 1330. The Kier molecular flexibility index (Phi) is 9.67. The van der Waals surface area contributed by atoms with Crippen LogP contribution in [0.5, 0.6) is 0 Å². The van der Waals surface area contributed by atoms with Gasteiger partial charge < -0.3 is 20.3 Å². The van der Waals surface area contributed by atoms with Crippen LogP contribution in [0.15, 0.2) is 60.7 Å². The van der Waals surface area contributed by atoms with Gasteiger partial charge in [-0.25, -0.2) is 4.79 Å². The molecule has 3 amide bonds. The second-order valence-corrected chi connectivity index (χ2v) is 11.3. The van der Waals surface area contributed by atoms with Crippen molar-refractivity contribution in [1.82, 2.24) is 10.2 Å². The molecule has 3 aromatic rings. The van der Waals surface area contributed by atoms with E-state index in [0.29, 0.717) is 5.69 Å². The minimum atomic E-state index is -0.995. The Labute approximate surface area is 236 Å². The van der Waals surface area contributed by atoms with Crippen LogP contribution in [0.2, 0.25) is 0 Å². The van der Waals surface area contributed by atoms with E-state index in [1.165, 1.54) is 4.90 Å². The maximum absolute atomic E-state index is 14.1. The van der Waals surface area contributed by atoms with Crippen LogP contribution >= 0.6 is 12.6 Å². The minimum Gasteiger partial charge on any atom is -0.444 e. The highest BCUT2D eigenvalue weighted by Gasteiger charge is 2.38. The minimum absolute atomic E-state index is 0.0348. The fraction of sp³-hybridized carbons (Fsp3) is 0.387. The van der Waals surface area contributed by atoms with Crippen molar-refractivity contribution in [3.05, 3.63) is 77.4 Å². The highest BCUT2D eigenvalue weighted by molar-refractivity contribution is 7.80. The number of rotatable bonds is 8. The third kappa shape index (κ3) is 7.53. The molecule has 0 radical (unpaired) electrons. The number of fused-ring (bicyclic) bond motifs is 1. The number of nitrogens with one attached hydrogen (secondary N) is 2. The summed E-state index contributed by atoms with van der Waals surface area (Å²) in [6.07, 6.45) is -0.720. The smallest absolute Gasteiger partial charge is 0.408 e. The maximum atomic E-state index is 14.1. The summed E-state index contributed by atoms with van der Waals surface area (Å²) in [5.41, 5.74) is 2.41. The highest BCUT2D eigenvalue weighted by atomic mass is 32.1. The number of aryl methyl sites for hydroxylation is 2. The standard InChI is InChI=1S/C31H39N3O4S/c1-19(2)34(29(36)25(18-39)33-30(37)38-31(5,6)7)27(26-20(3)11-10-12-21(26)4)28(35)32-24-16-15-22-13-8-9-14-23(22)17-24/h8-17,19,25,27,39H,18H2,1-7H3,(H,32,35)(H,33,37). The van der Waals surface area contributed by atoms with Gasteiger partial charge in [-0.2, -0.15) is 12.6 Å². The maximum Gasteiger partial charge on any atom is 0.408 e. The fourth-order valence-electron chi connectivity index (χ4n) is 4.63. The van der Waals surface area contributed by atoms with E-state index in [-0.39, 0.29) is 17.7 Å². The van der Waals surface area contributed by atoms with Crippen LogP contribution in [0.3, 0.4) is 0 Å². The number of hydrogen-bond donors (Lipinski definition) is 3. The second kappa shape index (κ2) is 12.6. The summed E-state index contributed by atoms with van der Waals surface area (Å²) < 4.78 is 5.37. The van der Waals surface area contributed by atoms with Crippen molar-refractivity contribution in [2.24, 2.45) is 0 Å². The molecule has 0 saturated carbocycles. The van der Waals surface area contributed by atoms with Gasteiger partial charge in [0, 0.05) is 17.5 Å². The first-order valence-corrected chi connectivity index (χ1v) is 13.7. The summed E-state index contributed by atoms with van der Waals surface area (Å²) in [6.45, 7) is 12.8. The zero-order chi connectivity index (χ0) is 28.9. The molecule has 8 heteroatoms. The molecule has 208 valence electrons. The molecule has 7 nitrogen and oxygen atoms in total. The molecule has 0 bridgehead atoms. The number of anilines is 1. The number of hydrogen-bond acceptors (Lipinski definition) is 5. The van der Waals surface area contributed by atoms with E-state index in [0.717, 1.165) is 27.5 Å². The molecule has 0 aliphatic rings. The summed E-state index contributed by atoms with van der Waals surface area (Å²) in [5, 5.41) is 7.74. The number of thiol groups is 1. The van der Waals surface area contributed by atoms with E-state index in [1.807, 2.05) is 88.4 Å². The van der Waals surface area contributed by atoms with Crippen LogP contribution in [0, 0.1) is 13.8 Å². The van der Waals surface area contributed by atoms with Crippen molar-refractivity contribution in [3.8, 4) is 0 Å². The molecular formula is C31H39N3O4S. The van der Waals surface area contributed by atoms with Gasteiger partial charge in [0.15, 0.2) is 0 Å². The first kappa shape index (κ1) is 30.0. The normalized spacial score (nSPS) is 13.1. The first-order valence-electron chi connectivity index (χ1n) is 13.1. The van der Waals surface area contributed by atoms with Crippen LogP contribution in [-0.2, 0) is 14.3 Å². The van der Waals surface area contributed by atoms with E-state index >= 15 is 0 Å². The number of nitrogens with zero attached hydrogens (tertiary/aromatic N) is 1. The number of ether oxygens (including phenoxy) is 1. The van der Waals surface area contributed by atoms with Gasteiger partial charge in [-0.15, -0.1) is 0 Å². The molecule has 2 unspecified atom stereocenters. The van der Waals surface area contributed by atoms with Gasteiger partial charge >= 0.3 is 6.09 Å². The van der Waals surface area contributed by atoms with Gasteiger partial charge in [0.25, 0.3) is 5.91 Å². The third-order valence-corrected chi connectivity index (χ3v) is 6.71. The Morgan fingerprint density at radius 1 is 0.923 bits per heavy atom. The van der Waals surface area contributed by atoms with Gasteiger partial charge in [0.1, 0.15) is 17.7 Å². The zero-order valence-electron chi connectivity index (χ0n) is 23.7. The van der Waals surface area contributed by atoms with Crippen molar-refractivity contribution in [3.63, 3.8) is 0 Å². The van der Waals surface area contributed by atoms with Crippen LogP contribution in [0.4, 0.5) is 10.5 Å². The number of amides is 3. The van der Waals surface area contributed by atoms with E-state index < -0.39 is 29.7 Å². The SMILES string of the molecule is Cc1cccc(C)c1C(C(=O)Nc1ccc2ccccc2c1)N(C(=O)C(CS)NC(=O)OC(C)(C)C)C(C)C. The summed E-state index contributed by atoms with van der Waals surface area (Å²) in [7, 11) is 0. The summed E-state index contributed by atoms with van der Waals surface area (Å²) >= 11 is 4.35. The highest BCUT2D eigenvalue weighted by Crippen LogP contribution is 2.31. The Balaban J connectivity index is 2.03. The monoisotopic (exact) mass is 549 g/mol. The predicted octanol–water partition coefficient (Wildman–Crippen LogP) is 6.20. The molecule has 0 saturated heterocycles. The molecule has 0 aliphatic carbocycles. The molecule has 0 aliphatic heterocycles. The van der Waals surface area contributed by atoms with E-state index in [9.17, 15) is 14.4 Å². The second-order valence-electron chi connectivity index (χ2n) is 11.0. The molecule has 3 aromatic carbocycles. The lowest BCUT2D eigenvalue weighted by atomic mass is 9.92. The lowest BCUT2D eigenvalue weighted by Gasteiger charge is -2.38. The van der Waals surface area contributed by atoms with Crippen molar-refractivity contribution in [1.29, 1.82) is 0 Å². The van der Waals surface area contributed by atoms with Gasteiger partial charge in [-0.3, -0.25) is 9.59 Å². The van der Waals surface area contributed by atoms with E-state index in [2.05, 4.69) is 23.3 Å². The van der Waals surface area contributed by atoms with Gasteiger partial charge in [-0.05, 0) is 88.1 Å². The predicted molar refractivity (Wildman–Crippen MR) is 160 cm³/mol. The summed E-state index contributed by atoms with van der Waals surface area (Å²) in [4.78, 5) is 42.2. The van der Waals surface area contributed by atoms with Crippen LogP contribution in [0.25, 0.3) is 10.8 Å². The molecule has 3 rings (SSSR count). The quantitative estimate of drug-likeness (QED) is 0.292. The number of benzene rings is 3. The number of alkyl carbamates (subject to hydrolysis) is 1. The molecule has 2 atom stereocenters. The fourth-order valence-corrected chi connectivity index (χ4v) is 4.88. The molecule has 39 heavy (non-hydrogen) atoms. The van der Waals surface area contributed by atoms with Crippen LogP contribution in [0.1, 0.15) is 57.4 Å². The van der Waals surface area contributed by atoms with Gasteiger partial charge in [0.2, 0.25) is 5.91 Å². The number of carbonyl (C=O) groups excluding carboxylic acids is 3. The Morgan fingerprint density at radius 2 is 1.54 bits per heavy atom. The topological polar surface area (TPSA) is 87.7 Å². The number of carbonyl (C=O) groups is 3. The Hall–Kier alpha value is -3.52. The van der Waals surface area contributed by atoms with E-state index in [1.54, 1.807) is 20.8 Å². The summed E-state index contributed by atoms with van der Waals surface area (Å²) in [6, 6.07) is 17.1. The van der Waals surface area contributed by atoms with Gasteiger partial charge in [0.05, 0.1) is 0 Å². The van der Waals surface area contributed by atoms with Crippen molar-refractivity contribution >= 4 is 47.0 Å². The first-order chi connectivity index (χ1) is 18.3. The molecular weight excluding hydrogens is 510 g/mol. The largest absolute Gasteiger partial charge is 0.444 e. The van der Waals surface area contributed by atoms with Crippen molar-refractivity contribution < 1.29 is 19.1 Å². The lowest BCUT2D eigenvalue weighted by Crippen LogP contribution is -2.55. The molecule has 2 N–H and O–H groups in total. The average molecular weight is 550 g/mol. The molecule has 0 spiro atoms. The van der Waals surface area contributed by atoms with Gasteiger partial charge in [-0.1, -0.05) is 48.5 Å².